The number of rotatable bonds is 3. The third-order valence-electron chi connectivity index (χ3n) is 16.6. The fourth-order valence-corrected chi connectivity index (χ4v) is 14.4. The van der Waals surface area contributed by atoms with Crippen molar-refractivity contribution in [3.8, 4) is 0 Å². The highest BCUT2D eigenvalue weighted by Crippen LogP contribution is 2.61. The number of hydrogen-bond donors (Lipinski definition) is 0. The molecule has 67 heavy (non-hydrogen) atoms. The van der Waals surface area contributed by atoms with E-state index in [0.717, 1.165) is 34.0 Å². The Labute approximate surface area is 397 Å². The fourth-order valence-electron chi connectivity index (χ4n) is 13.2. The van der Waals surface area contributed by atoms with Crippen LogP contribution in [0.3, 0.4) is 0 Å². The average Bonchev–Trinajstić information content (AvgIpc) is 3.97. The lowest BCUT2D eigenvalue weighted by molar-refractivity contribution is 0.195. The van der Waals surface area contributed by atoms with Crippen LogP contribution >= 0.6 is 11.3 Å². The lowest BCUT2D eigenvalue weighted by Crippen LogP contribution is -2.61. The summed E-state index contributed by atoms with van der Waals surface area (Å²) in [6.07, 6.45) is 4.84. The van der Waals surface area contributed by atoms with Crippen LogP contribution in [0.4, 0.5) is 45.5 Å². The van der Waals surface area contributed by atoms with Gasteiger partial charge in [0, 0.05) is 65.8 Å². The third kappa shape index (κ3) is 5.25. The molecule has 1 fully saturated rings. The van der Waals surface area contributed by atoms with E-state index in [-0.39, 0.29) is 23.1 Å². The van der Waals surface area contributed by atoms with Crippen molar-refractivity contribution in [1.29, 1.82) is 0 Å². The van der Waals surface area contributed by atoms with Crippen LogP contribution in [0.2, 0.25) is 0 Å². The van der Waals surface area contributed by atoms with E-state index < -0.39 is 0 Å². The number of nitrogens with zero attached hydrogens (tertiary/aromatic N) is 3. The van der Waals surface area contributed by atoms with E-state index in [1.165, 1.54) is 112 Å². The Balaban J connectivity index is 1.08. The molecule has 0 radical (unpaired) electrons. The number of aryl methyl sites for hydroxylation is 1. The van der Waals surface area contributed by atoms with Gasteiger partial charge in [0.25, 0.3) is 6.71 Å². The molecule has 0 saturated heterocycles. The number of benzene rings is 8. The standard InChI is InChI=1S/C61H52BN3OS/c1-37-33-52-56-53(34-37)64(49-24-16-20-43-41-18-8-12-26-55(41)67-58(43)49)50-35-38(59(2,3)4)27-29-45(50)62(56)46-30-28-39(65-47-22-10-9-21-44(47)60(5)31-13-14-32-61(60,65)6)36-51(46)63(52)48-23-15-19-42-40-17-7-11-25-54(40)66-57(42)48/h7-12,15-30,33-36H,13-14,31-32H2,1-6H3. The fraction of sp³-hybridized carbons (Fsp3) is 0.213. The van der Waals surface area contributed by atoms with Crippen molar-refractivity contribution in [2.75, 3.05) is 14.7 Å². The van der Waals surface area contributed by atoms with Crippen LogP contribution in [-0.4, -0.2) is 12.3 Å². The molecule has 1 aliphatic carbocycles. The van der Waals surface area contributed by atoms with Crippen molar-refractivity contribution >= 4 is 122 Å². The third-order valence-corrected chi connectivity index (χ3v) is 17.8. The quantitative estimate of drug-likeness (QED) is 0.165. The Morgan fingerprint density at radius 1 is 0.567 bits per heavy atom. The first-order valence-corrected chi connectivity index (χ1v) is 25.1. The van der Waals surface area contributed by atoms with Gasteiger partial charge in [0.1, 0.15) is 5.58 Å². The molecule has 3 aliphatic heterocycles. The molecule has 0 amide bonds. The van der Waals surface area contributed by atoms with Gasteiger partial charge in [-0.25, -0.2) is 0 Å². The van der Waals surface area contributed by atoms with Gasteiger partial charge in [0.15, 0.2) is 5.58 Å². The Morgan fingerprint density at radius 3 is 2.03 bits per heavy atom. The maximum atomic E-state index is 6.98. The second-order valence-electron chi connectivity index (χ2n) is 21.3. The van der Waals surface area contributed by atoms with Gasteiger partial charge in [0.05, 0.1) is 21.6 Å². The molecule has 4 aliphatic rings. The normalized spacial score (nSPS) is 19.6. The Hall–Kier alpha value is -6.76. The molecule has 4 nitrogen and oxygen atoms in total. The molecule has 2 unspecified atom stereocenters. The summed E-state index contributed by atoms with van der Waals surface area (Å²) in [5, 5.41) is 4.88. The molecule has 10 aromatic rings. The van der Waals surface area contributed by atoms with E-state index in [4.69, 9.17) is 4.42 Å². The predicted octanol–water partition coefficient (Wildman–Crippen LogP) is 15.4. The highest BCUT2D eigenvalue weighted by molar-refractivity contribution is 7.26. The van der Waals surface area contributed by atoms with E-state index in [9.17, 15) is 0 Å². The highest BCUT2D eigenvalue weighted by atomic mass is 32.1. The summed E-state index contributed by atoms with van der Waals surface area (Å²) >= 11 is 1.91. The van der Waals surface area contributed by atoms with Gasteiger partial charge in [0.2, 0.25) is 0 Å². The molecule has 6 heteroatoms. The second kappa shape index (κ2) is 13.7. The van der Waals surface area contributed by atoms with Gasteiger partial charge in [-0.05, 0) is 126 Å². The number of fused-ring (bicyclic) bond motifs is 13. The van der Waals surface area contributed by atoms with Gasteiger partial charge in [-0.3, -0.25) is 0 Å². The number of furan rings is 1. The zero-order valence-electron chi connectivity index (χ0n) is 39.1. The monoisotopic (exact) mass is 885 g/mol. The van der Waals surface area contributed by atoms with E-state index >= 15 is 0 Å². The molecule has 1 saturated carbocycles. The SMILES string of the molecule is Cc1cc2c3c(c1)N(c1cccc4c1sc1ccccc14)c1cc(C(C)(C)C)ccc1B3c1ccc(N3c4ccccc4C4(C)CCCCC34C)cc1N2c1cccc2c1oc1ccccc12. The molecule has 326 valence electrons. The molecular formula is C61H52BN3OS. The number of para-hydroxylation sites is 3. The lowest BCUT2D eigenvalue weighted by Gasteiger charge is -2.50. The molecule has 0 N–H and O–H groups in total. The van der Waals surface area contributed by atoms with Gasteiger partial charge in [-0.15, -0.1) is 11.3 Å². The maximum absolute atomic E-state index is 6.98. The molecule has 0 bridgehead atoms. The summed E-state index contributed by atoms with van der Waals surface area (Å²) in [4.78, 5) is 7.93. The Kier molecular flexibility index (Phi) is 8.04. The minimum absolute atomic E-state index is 0.0101. The van der Waals surface area contributed by atoms with E-state index in [2.05, 4.69) is 214 Å². The highest BCUT2D eigenvalue weighted by Gasteiger charge is 2.58. The van der Waals surface area contributed by atoms with Crippen molar-refractivity contribution < 1.29 is 4.42 Å². The van der Waals surface area contributed by atoms with Crippen molar-refractivity contribution in [3.63, 3.8) is 0 Å². The van der Waals surface area contributed by atoms with Crippen LogP contribution in [0.1, 0.15) is 77.0 Å². The number of anilines is 8. The van der Waals surface area contributed by atoms with Crippen LogP contribution in [0.25, 0.3) is 42.1 Å². The summed E-state index contributed by atoms with van der Waals surface area (Å²) in [7, 11) is 0. The second-order valence-corrected chi connectivity index (χ2v) is 22.3. The molecule has 8 aromatic carbocycles. The first-order valence-electron chi connectivity index (χ1n) is 24.3. The van der Waals surface area contributed by atoms with Gasteiger partial charge in [-0.1, -0.05) is 138 Å². The summed E-state index contributed by atoms with van der Waals surface area (Å²) in [5.41, 5.74) is 19.5. The van der Waals surface area contributed by atoms with E-state index in [0.29, 0.717) is 0 Å². The molecular weight excluding hydrogens is 834 g/mol. The lowest BCUT2D eigenvalue weighted by atomic mass is 9.33. The summed E-state index contributed by atoms with van der Waals surface area (Å²) in [6.45, 7) is 14.4. The molecule has 14 rings (SSSR count). The number of thiophene rings is 1. The number of hydrogen-bond acceptors (Lipinski definition) is 5. The topological polar surface area (TPSA) is 22.9 Å². The first kappa shape index (κ1) is 39.4. The minimum Gasteiger partial charge on any atom is -0.454 e. The van der Waals surface area contributed by atoms with Crippen LogP contribution in [0.15, 0.2) is 162 Å². The van der Waals surface area contributed by atoms with Crippen molar-refractivity contribution in [1.82, 2.24) is 0 Å². The summed E-state index contributed by atoms with van der Waals surface area (Å²) in [5.74, 6) is 0. The maximum Gasteiger partial charge on any atom is 0.252 e. The van der Waals surface area contributed by atoms with Gasteiger partial charge < -0.3 is 19.1 Å². The van der Waals surface area contributed by atoms with Crippen molar-refractivity contribution in [2.24, 2.45) is 0 Å². The molecule has 5 heterocycles. The van der Waals surface area contributed by atoms with E-state index in [1.54, 1.807) is 0 Å². The predicted molar refractivity (Wildman–Crippen MR) is 287 cm³/mol. The molecule has 0 spiro atoms. The van der Waals surface area contributed by atoms with Crippen LogP contribution < -0.4 is 31.1 Å². The van der Waals surface area contributed by atoms with Crippen LogP contribution in [-0.2, 0) is 10.8 Å². The Morgan fingerprint density at radius 2 is 1.21 bits per heavy atom. The summed E-state index contributed by atoms with van der Waals surface area (Å²) < 4.78 is 9.60. The molecule has 2 aromatic heterocycles. The average molecular weight is 886 g/mol. The first-order chi connectivity index (χ1) is 32.5. The van der Waals surface area contributed by atoms with Crippen molar-refractivity contribution in [3.05, 3.63) is 174 Å². The zero-order chi connectivity index (χ0) is 45.1. The van der Waals surface area contributed by atoms with Crippen LogP contribution in [0, 0.1) is 6.92 Å². The van der Waals surface area contributed by atoms with Gasteiger partial charge >= 0.3 is 0 Å². The zero-order valence-corrected chi connectivity index (χ0v) is 39.9. The minimum atomic E-state index is -0.0714. The smallest absolute Gasteiger partial charge is 0.252 e. The summed E-state index contributed by atoms with van der Waals surface area (Å²) in [6, 6.07) is 60.0. The molecule has 2 atom stereocenters. The van der Waals surface area contributed by atoms with E-state index in [1.807, 2.05) is 11.3 Å². The van der Waals surface area contributed by atoms with Crippen molar-refractivity contribution in [2.45, 2.75) is 83.6 Å². The van der Waals surface area contributed by atoms with Gasteiger partial charge in [-0.2, -0.15) is 0 Å². The van der Waals surface area contributed by atoms with Crippen LogP contribution in [0.5, 0.6) is 0 Å². The Bertz CT molecular complexity index is 3750. The largest absolute Gasteiger partial charge is 0.454 e.